The van der Waals surface area contributed by atoms with Gasteiger partial charge in [-0.3, -0.25) is 9.59 Å². The van der Waals surface area contributed by atoms with E-state index in [9.17, 15) is 14.7 Å². The summed E-state index contributed by atoms with van der Waals surface area (Å²) in [5.74, 6) is -1.01. The lowest BCUT2D eigenvalue weighted by Crippen LogP contribution is -2.32. The van der Waals surface area contributed by atoms with Gasteiger partial charge in [0, 0.05) is 30.7 Å². The topological polar surface area (TPSA) is 89.2 Å². The number of aliphatic hydroxyl groups is 1. The van der Waals surface area contributed by atoms with E-state index in [1.807, 2.05) is 6.92 Å². The predicted octanol–water partition coefficient (Wildman–Crippen LogP) is 5.49. The van der Waals surface area contributed by atoms with Gasteiger partial charge in [0.25, 0.3) is 5.91 Å². The molecule has 0 saturated heterocycles. The van der Waals surface area contributed by atoms with Crippen molar-refractivity contribution in [3.05, 3.63) is 76.2 Å². The molecule has 4 rings (SSSR count). The second-order valence-corrected chi connectivity index (χ2v) is 8.49. The van der Waals surface area contributed by atoms with Gasteiger partial charge < -0.3 is 23.9 Å². The number of hydrogen-bond donors (Lipinski definition) is 1. The van der Waals surface area contributed by atoms with E-state index >= 15 is 0 Å². The van der Waals surface area contributed by atoms with Gasteiger partial charge in [-0.05, 0) is 54.8 Å². The van der Waals surface area contributed by atoms with Crippen LogP contribution in [0.3, 0.4) is 0 Å². The van der Waals surface area contributed by atoms with Gasteiger partial charge in [-0.2, -0.15) is 0 Å². The van der Waals surface area contributed by atoms with Crippen LogP contribution in [0.2, 0.25) is 5.02 Å². The van der Waals surface area contributed by atoms with E-state index in [0.29, 0.717) is 53.5 Å². The van der Waals surface area contributed by atoms with Crippen molar-refractivity contribution in [3.8, 4) is 5.75 Å². The second kappa shape index (κ2) is 10.3. The van der Waals surface area contributed by atoms with Gasteiger partial charge in [-0.25, -0.2) is 0 Å². The lowest BCUT2D eigenvalue weighted by Gasteiger charge is -2.26. The first-order valence-electron chi connectivity index (χ1n) is 11.1. The van der Waals surface area contributed by atoms with Crippen LogP contribution in [0.15, 0.2) is 64.3 Å². The third-order valence-corrected chi connectivity index (χ3v) is 5.90. The Kier molecular flexibility index (Phi) is 7.24. The first-order valence-corrected chi connectivity index (χ1v) is 11.5. The average molecular weight is 484 g/mol. The smallest absolute Gasteiger partial charge is 0.290 e. The van der Waals surface area contributed by atoms with E-state index in [4.69, 9.17) is 25.5 Å². The van der Waals surface area contributed by atoms with E-state index in [1.54, 1.807) is 55.6 Å². The Morgan fingerprint density at radius 1 is 1.15 bits per heavy atom. The Balaban J connectivity index is 1.72. The minimum absolute atomic E-state index is 0.0187. The zero-order valence-corrected chi connectivity index (χ0v) is 19.8. The summed E-state index contributed by atoms with van der Waals surface area (Å²) in [6.07, 6.45) is 1.43. The van der Waals surface area contributed by atoms with Crippen molar-refractivity contribution in [1.29, 1.82) is 0 Å². The standard InChI is InChI=1S/C26H26ClNO6/c1-3-12-33-19-8-5-16(6-9-19)23-22(25(30)26(31)28(23)11-4-13-32-2)24(29)21-15-17-14-18(27)7-10-20(17)34-21/h5-10,14-15,23,30H,3-4,11-13H2,1-2H3. The highest BCUT2D eigenvalue weighted by molar-refractivity contribution is 6.31. The van der Waals surface area contributed by atoms with Crippen LogP contribution in [0.25, 0.3) is 11.0 Å². The summed E-state index contributed by atoms with van der Waals surface area (Å²) in [6, 6.07) is 13.0. The van der Waals surface area contributed by atoms with Crippen LogP contribution in [0.5, 0.6) is 5.75 Å². The Labute approximate surface area is 202 Å². The van der Waals surface area contributed by atoms with Crippen LogP contribution in [0, 0.1) is 0 Å². The number of hydrogen-bond acceptors (Lipinski definition) is 6. The highest BCUT2D eigenvalue weighted by atomic mass is 35.5. The summed E-state index contributed by atoms with van der Waals surface area (Å²) in [6.45, 7) is 3.36. The van der Waals surface area contributed by atoms with Crippen molar-refractivity contribution in [2.75, 3.05) is 26.9 Å². The SMILES string of the molecule is CCCOc1ccc(C2C(C(=O)c3cc4cc(Cl)ccc4o3)=C(O)C(=O)N2CCCOC)cc1. The molecule has 0 aliphatic carbocycles. The lowest BCUT2D eigenvalue weighted by atomic mass is 9.95. The van der Waals surface area contributed by atoms with Gasteiger partial charge in [-0.1, -0.05) is 30.7 Å². The van der Waals surface area contributed by atoms with E-state index in [0.717, 1.165) is 6.42 Å². The van der Waals surface area contributed by atoms with Crippen LogP contribution >= 0.6 is 11.6 Å². The molecule has 1 N–H and O–H groups in total. The van der Waals surface area contributed by atoms with Crippen molar-refractivity contribution in [2.24, 2.45) is 0 Å². The first kappa shape index (κ1) is 23.9. The summed E-state index contributed by atoms with van der Waals surface area (Å²) in [5, 5.41) is 12.0. The number of rotatable bonds is 10. The number of carbonyl (C=O) groups excluding carboxylic acids is 2. The van der Waals surface area contributed by atoms with Gasteiger partial charge in [0.2, 0.25) is 5.78 Å². The fraction of sp³-hybridized carbons (Fsp3) is 0.308. The highest BCUT2D eigenvalue weighted by Gasteiger charge is 2.44. The van der Waals surface area contributed by atoms with Gasteiger partial charge >= 0.3 is 0 Å². The fourth-order valence-electron chi connectivity index (χ4n) is 4.07. The zero-order chi connectivity index (χ0) is 24.2. The Morgan fingerprint density at radius 2 is 1.91 bits per heavy atom. The Morgan fingerprint density at radius 3 is 2.62 bits per heavy atom. The molecule has 3 aromatic rings. The van der Waals surface area contributed by atoms with Crippen LogP contribution in [-0.4, -0.2) is 48.6 Å². The summed E-state index contributed by atoms with van der Waals surface area (Å²) in [4.78, 5) is 28.0. The molecule has 0 saturated carbocycles. The van der Waals surface area contributed by atoms with E-state index in [1.165, 1.54) is 4.90 Å². The molecule has 0 spiro atoms. The minimum atomic E-state index is -0.770. The zero-order valence-electron chi connectivity index (χ0n) is 19.0. The average Bonchev–Trinajstić information content (AvgIpc) is 3.37. The van der Waals surface area contributed by atoms with Crippen LogP contribution in [0.1, 0.15) is 41.9 Å². The summed E-state index contributed by atoms with van der Waals surface area (Å²) >= 11 is 6.06. The number of Topliss-reactive ketones (excluding diaryl/α,β-unsaturated/α-hetero) is 1. The minimum Gasteiger partial charge on any atom is -0.503 e. The third kappa shape index (κ3) is 4.67. The first-order chi connectivity index (χ1) is 16.4. The quantitative estimate of drug-likeness (QED) is 0.303. The largest absolute Gasteiger partial charge is 0.503 e. The molecule has 0 radical (unpaired) electrons. The maximum absolute atomic E-state index is 13.6. The molecule has 7 nitrogen and oxygen atoms in total. The molecule has 1 aliphatic heterocycles. The molecule has 178 valence electrons. The molecular weight excluding hydrogens is 458 g/mol. The number of amides is 1. The number of benzene rings is 2. The number of furan rings is 1. The molecule has 34 heavy (non-hydrogen) atoms. The molecule has 1 aliphatic rings. The number of aliphatic hydroxyl groups excluding tert-OH is 1. The number of nitrogens with zero attached hydrogens (tertiary/aromatic N) is 1. The molecule has 2 heterocycles. The van der Waals surface area contributed by atoms with Crippen molar-refractivity contribution < 1.29 is 28.6 Å². The molecule has 1 amide bonds. The number of ether oxygens (including phenoxy) is 2. The summed E-state index contributed by atoms with van der Waals surface area (Å²) in [7, 11) is 1.58. The molecule has 1 unspecified atom stereocenters. The van der Waals surface area contributed by atoms with E-state index in [-0.39, 0.29) is 11.3 Å². The molecule has 0 bridgehead atoms. The highest BCUT2D eigenvalue weighted by Crippen LogP contribution is 2.40. The number of carbonyl (C=O) groups is 2. The predicted molar refractivity (Wildman–Crippen MR) is 128 cm³/mol. The molecule has 1 atom stereocenters. The second-order valence-electron chi connectivity index (χ2n) is 8.05. The Bertz CT molecular complexity index is 1230. The molecule has 8 heteroatoms. The monoisotopic (exact) mass is 483 g/mol. The van der Waals surface area contributed by atoms with Gasteiger partial charge in [-0.15, -0.1) is 0 Å². The third-order valence-electron chi connectivity index (χ3n) is 5.67. The van der Waals surface area contributed by atoms with Crippen molar-refractivity contribution >= 4 is 34.3 Å². The lowest BCUT2D eigenvalue weighted by molar-refractivity contribution is -0.129. The summed E-state index contributed by atoms with van der Waals surface area (Å²) in [5.41, 5.74) is 1.15. The van der Waals surface area contributed by atoms with Crippen LogP contribution < -0.4 is 4.74 Å². The van der Waals surface area contributed by atoms with E-state index < -0.39 is 23.5 Å². The van der Waals surface area contributed by atoms with E-state index in [2.05, 4.69) is 0 Å². The van der Waals surface area contributed by atoms with Gasteiger partial charge in [0.1, 0.15) is 11.3 Å². The molecular formula is C26H26ClNO6. The number of fused-ring (bicyclic) bond motifs is 1. The normalized spacial score (nSPS) is 16.0. The van der Waals surface area contributed by atoms with Gasteiger partial charge in [0.15, 0.2) is 11.5 Å². The number of halogens is 1. The number of ketones is 1. The fourth-order valence-corrected chi connectivity index (χ4v) is 4.25. The Hall–Kier alpha value is -3.29. The van der Waals surface area contributed by atoms with Crippen LogP contribution in [0.4, 0.5) is 0 Å². The number of methoxy groups -OCH3 is 1. The summed E-state index contributed by atoms with van der Waals surface area (Å²) < 4.78 is 16.5. The van der Waals surface area contributed by atoms with Gasteiger partial charge in [0.05, 0.1) is 18.2 Å². The maximum Gasteiger partial charge on any atom is 0.290 e. The van der Waals surface area contributed by atoms with Crippen molar-refractivity contribution in [2.45, 2.75) is 25.8 Å². The molecule has 0 fully saturated rings. The van der Waals surface area contributed by atoms with Crippen molar-refractivity contribution in [1.82, 2.24) is 4.90 Å². The van der Waals surface area contributed by atoms with Crippen LogP contribution in [-0.2, 0) is 9.53 Å². The van der Waals surface area contributed by atoms with Crippen molar-refractivity contribution in [3.63, 3.8) is 0 Å². The maximum atomic E-state index is 13.6. The molecule has 2 aromatic carbocycles. The molecule has 1 aromatic heterocycles.